The Balaban J connectivity index is 2.38. The Labute approximate surface area is 130 Å². The van der Waals surface area contributed by atoms with E-state index >= 15 is 0 Å². The molecule has 2 aromatic carbocycles. The summed E-state index contributed by atoms with van der Waals surface area (Å²) in [5.74, 6) is -0.137. The van der Waals surface area contributed by atoms with Crippen LogP contribution in [0.1, 0.15) is 5.56 Å². The minimum Gasteiger partial charge on any atom is -0.379 e. The van der Waals surface area contributed by atoms with Crippen molar-refractivity contribution in [3.05, 3.63) is 68.3 Å². The highest BCUT2D eigenvalue weighted by Gasteiger charge is 2.24. The van der Waals surface area contributed by atoms with Crippen molar-refractivity contribution >= 4 is 21.5 Å². The van der Waals surface area contributed by atoms with Gasteiger partial charge in [0.15, 0.2) is 0 Å². The van der Waals surface area contributed by atoms with Crippen LogP contribution in [0.3, 0.4) is 0 Å². The fourth-order valence-corrected chi connectivity index (χ4v) is 3.05. The van der Waals surface area contributed by atoms with E-state index in [4.69, 9.17) is 4.18 Å². The van der Waals surface area contributed by atoms with Gasteiger partial charge in [0.25, 0.3) is 11.4 Å². The van der Waals surface area contributed by atoms with Gasteiger partial charge in [-0.1, -0.05) is 6.07 Å². The van der Waals surface area contributed by atoms with E-state index in [-0.39, 0.29) is 27.6 Å². The van der Waals surface area contributed by atoms with Crippen LogP contribution in [0.15, 0.2) is 47.4 Å². The summed E-state index contributed by atoms with van der Waals surface area (Å²) in [7, 11) is -4.31. The molecule has 0 aromatic heterocycles. The molecule has 0 saturated carbocycles. The van der Waals surface area contributed by atoms with Gasteiger partial charge in [-0.3, -0.25) is 20.2 Å². The van der Waals surface area contributed by atoms with E-state index < -0.39 is 20.0 Å². The molecule has 0 aliphatic heterocycles. The molecule has 0 unspecified atom stereocenters. The fraction of sp³-hybridized carbons (Fsp3) is 0.0769. The number of hydrogen-bond donors (Lipinski definition) is 0. The molecule has 0 saturated heterocycles. The van der Waals surface area contributed by atoms with Crippen molar-refractivity contribution in [3.63, 3.8) is 0 Å². The van der Waals surface area contributed by atoms with Crippen molar-refractivity contribution in [2.45, 2.75) is 11.8 Å². The fourth-order valence-electron chi connectivity index (χ4n) is 1.87. The smallest absolute Gasteiger partial charge is 0.339 e. The van der Waals surface area contributed by atoms with E-state index in [0.717, 1.165) is 24.3 Å². The molecule has 0 N–H and O–H groups in total. The third kappa shape index (κ3) is 3.43. The molecule has 2 aromatic rings. The van der Waals surface area contributed by atoms with Crippen LogP contribution in [0, 0.1) is 27.2 Å². The molecule has 2 rings (SSSR count). The number of nitrogens with zero attached hydrogens (tertiary/aromatic N) is 2. The number of rotatable bonds is 5. The highest BCUT2D eigenvalue weighted by Crippen LogP contribution is 2.27. The molecule has 9 nitrogen and oxygen atoms in total. The van der Waals surface area contributed by atoms with Crippen LogP contribution in [0.5, 0.6) is 5.75 Å². The molecule has 0 atom stereocenters. The van der Waals surface area contributed by atoms with E-state index in [2.05, 4.69) is 0 Å². The maximum atomic E-state index is 12.2. The van der Waals surface area contributed by atoms with Crippen molar-refractivity contribution in [2.75, 3.05) is 0 Å². The molecule has 10 heteroatoms. The van der Waals surface area contributed by atoms with Crippen LogP contribution < -0.4 is 4.18 Å². The maximum Gasteiger partial charge on any atom is 0.339 e. The summed E-state index contributed by atoms with van der Waals surface area (Å²) in [6.45, 7) is 1.30. The zero-order chi connectivity index (χ0) is 17.2. The Hall–Kier alpha value is -3.01. The first-order chi connectivity index (χ1) is 10.7. The molecule has 0 fully saturated rings. The normalized spacial score (nSPS) is 11.0. The molecule has 0 spiro atoms. The lowest BCUT2D eigenvalue weighted by molar-refractivity contribution is -0.385. The van der Waals surface area contributed by atoms with Crippen LogP contribution >= 0.6 is 0 Å². The second kappa shape index (κ2) is 6.01. The highest BCUT2D eigenvalue weighted by molar-refractivity contribution is 7.87. The molecule has 23 heavy (non-hydrogen) atoms. The minimum absolute atomic E-state index is 0.0561. The second-order valence-electron chi connectivity index (χ2n) is 4.45. The van der Waals surface area contributed by atoms with Gasteiger partial charge in [0, 0.05) is 23.8 Å². The predicted molar refractivity (Wildman–Crippen MR) is 78.7 cm³/mol. The van der Waals surface area contributed by atoms with Gasteiger partial charge in [-0.2, -0.15) is 8.42 Å². The Morgan fingerprint density at radius 3 is 2.09 bits per heavy atom. The quantitative estimate of drug-likeness (QED) is 0.465. The number of non-ortho nitro benzene ring substituents is 1. The third-order valence-electron chi connectivity index (χ3n) is 2.98. The van der Waals surface area contributed by atoms with Crippen LogP contribution in [0.4, 0.5) is 11.4 Å². The average Bonchev–Trinajstić information content (AvgIpc) is 2.47. The number of nitro groups is 2. The molecule has 0 bridgehead atoms. The Morgan fingerprint density at radius 1 is 0.957 bits per heavy atom. The third-order valence-corrected chi connectivity index (χ3v) is 4.37. The van der Waals surface area contributed by atoms with Gasteiger partial charge in [0.05, 0.1) is 9.85 Å². The van der Waals surface area contributed by atoms with Crippen LogP contribution in [0.25, 0.3) is 0 Å². The van der Waals surface area contributed by atoms with Crippen LogP contribution in [0.2, 0.25) is 0 Å². The minimum atomic E-state index is -4.31. The summed E-state index contributed by atoms with van der Waals surface area (Å²) in [6, 6.07) is 8.03. The van der Waals surface area contributed by atoms with E-state index in [9.17, 15) is 28.6 Å². The SMILES string of the molecule is Cc1c([N+](=O)[O-])cccc1S(=O)(=O)Oc1ccc([N+](=O)[O-])cc1. The summed E-state index contributed by atoms with van der Waals surface area (Å²) >= 11 is 0. The summed E-state index contributed by atoms with van der Waals surface area (Å²) in [6.07, 6.45) is 0. The molecule has 0 radical (unpaired) electrons. The lowest BCUT2D eigenvalue weighted by atomic mass is 10.2. The maximum absolute atomic E-state index is 12.2. The lowest BCUT2D eigenvalue weighted by Gasteiger charge is -2.09. The van der Waals surface area contributed by atoms with Gasteiger partial charge < -0.3 is 4.18 Å². The Kier molecular flexibility index (Phi) is 4.27. The van der Waals surface area contributed by atoms with Crippen molar-refractivity contribution in [1.82, 2.24) is 0 Å². The zero-order valence-electron chi connectivity index (χ0n) is 11.7. The standard InChI is InChI=1S/C13H10N2O7S/c1-9-12(15(18)19)3-2-4-13(9)23(20,21)22-11-7-5-10(6-8-11)14(16)17/h2-8H,1H3. The molecule has 0 amide bonds. The summed E-state index contributed by atoms with van der Waals surface area (Å²) in [5, 5.41) is 21.4. The van der Waals surface area contributed by atoms with Crippen molar-refractivity contribution in [3.8, 4) is 5.75 Å². The van der Waals surface area contributed by atoms with E-state index in [1.807, 2.05) is 0 Å². The van der Waals surface area contributed by atoms with Gasteiger partial charge in [-0.05, 0) is 25.1 Å². The predicted octanol–water partition coefficient (Wildman–Crippen LogP) is 2.58. The van der Waals surface area contributed by atoms with Gasteiger partial charge in [0.2, 0.25) is 0 Å². The molecule has 0 aliphatic rings. The zero-order valence-corrected chi connectivity index (χ0v) is 12.5. The summed E-state index contributed by atoms with van der Waals surface area (Å²) in [5.41, 5.74) is -0.626. The number of benzene rings is 2. The largest absolute Gasteiger partial charge is 0.379 e. The first kappa shape index (κ1) is 16.4. The van der Waals surface area contributed by atoms with Gasteiger partial charge >= 0.3 is 10.1 Å². The van der Waals surface area contributed by atoms with E-state index in [0.29, 0.717) is 0 Å². The second-order valence-corrected chi connectivity index (χ2v) is 5.96. The van der Waals surface area contributed by atoms with Crippen molar-refractivity contribution < 1.29 is 22.4 Å². The van der Waals surface area contributed by atoms with Gasteiger partial charge in [-0.15, -0.1) is 0 Å². The van der Waals surface area contributed by atoms with Gasteiger partial charge in [0.1, 0.15) is 10.6 Å². The topological polar surface area (TPSA) is 130 Å². The van der Waals surface area contributed by atoms with Crippen molar-refractivity contribution in [1.29, 1.82) is 0 Å². The molecule has 0 aliphatic carbocycles. The Morgan fingerprint density at radius 2 is 1.57 bits per heavy atom. The Bertz CT molecular complexity index is 876. The first-order valence-corrected chi connectivity index (χ1v) is 7.56. The average molecular weight is 338 g/mol. The van der Waals surface area contributed by atoms with E-state index in [1.165, 1.54) is 25.1 Å². The summed E-state index contributed by atoms with van der Waals surface area (Å²) < 4.78 is 29.3. The van der Waals surface area contributed by atoms with Crippen LogP contribution in [-0.2, 0) is 10.1 Å². The monoisotopic (exact) mass is 338 g/mol. The first-order valence-electron chi connectivity index (χ1n) is 6.15. The molecular formula is C13H10N2O7S. The van der Waals surface area contributed by atoms with Crippen molar-refractivity contribution in [2.24, 2.45) is 0 Å². The van der Waals surface area contributed by atoms with Crippen LogP contribution in [-0.4, -0.2) is 18.3 Å². The molecular weight excluding hydrogens is 328 g/mol. The number of hydrogen-bond acceptors (Lipinski definition) is 7. The van der Waals surface area contributed by atoms with Gasteiger partial charge in [-0.25, -0.2) is 0 Å². The summed E-state index contributed by atoms with van der Waals surface area (Å²) in [4.78, 5) is 19.7. The lowest BCUT2D eigenvalue weighted by Crippen LogP contribution is -2.12. The molecule has 0 heterocycles. The number of nitro benzene ring substituents is 2. The highest BCUT2D eigenvalue weighted by atomic mass is 32.2. The van der Waals surface area contributed by atoms with E-state index in [1.54, 1.807) is 0 Å². The molecule has 120 valence electrons.